The van der Waals surface area contributed by atoms with Gasteiger partial charge in [-0.25, -0.2) is 0 Å². The van der Waals surface area contributed by atoms with E-state index >= 15 is 0 Å². The number of benzene rings is 1. The highest BCUT2D eigenvalue weighted by Gasteiger charge is 2.11. The summed E-state index contributed by atoms with van der Waals surface area (Å²) in [5.41, 5.74) is 2.54. The van der Waals surface area contributed by atoms with Crippen LogP contribution < -0.4 is 4.74 Å². The van der Waals surface area contributed by atoms with Gasteiger partial charge in [-0.15, -0.1) is 11.6 Å². The summed E-state index contributed by atoms with van der Waals surface area (Å²) in [6.45, 7) is 6.44. The maximum absolute atomic E-state index is 5.94. The molecule has 1 aromatic carbocycles. The van der Waals surface area contributed by atoms with Crippen LogP contribution in [0.4, 0.5) is 0 Å². The minimum atomic E-state index is 0.352. The number of hydrogen-bond acceptors (Lipinski definition) is 3. The van der Waals surface area contributed by atoms with Crippen LogP contribution in [0.1, 0.15) is 35.8 Å². The molecule has 19 heavy (non-hydrogen) atoms. The van der Waals surface area contributed by atoms with Crippen molar-refractivity contribution in [3.63, 3.8) is 0 Å². The number of aromatic nitrogens is 1. The molecule has 0 aliphatic rings. The summed E-state index contributed by atoms with van der Waals surface area (Å²) in [6, 6.07) is 6.07. The summed E-state index contributed by atoms with van der Waals surface area (Å²) in [4.78, 5) is 4.97. The Balaban J connectivity index is 2.21. The fourth-order valence-electron chi connectivity index (χ4n) is 1.90. The van der Waals surface area contributed by atoms with Crippen molar-refractivity contribution in [3.8, 4) is 10.9 Å². The number of halogens is 2. The predicted octanol–water partition coefficient (Wildman–Crippen LogP) is 5.76. The first-order valence-corrected chi connectivity index (χ1v) is 7.73. The van der Waals surface area contributed by atoms with E-state index < -0.39 is 0 Å². The molecule has 0 N–H and O–H groups in total. The van der Waals surface area contributed by atoms with Crippen LogP contribution in [0.3, 0.4) is 0 Å². The molecule has 0 saturated heterocycles. The van der Waals surface area contributed by atoms with Crippen LogP contribution in [0, 0.1) is 6.92 Å². The summed E-state index contributed by atoms with van der Waals surface area (Å²) < 4.78 is 5.72. The SMILES string of the molecule is Cc1cc(Oc2nc(Cl)c(CCl)s2)ccc1C(C)C. The number of rotatable bonds is 4. The number of ether oxygens (including phenoxy) is 1. The monoisotopic (exact) mass is 315 g/mol. The topological polar surface area (TPSA) is 22.1 Å². The van der Waals surface area contributed by atoms with E-state index in [9.17, 15) is 0 Å². The Hall–Kier alpha value is -0.770. The zero-order valence-corrected chi connectivity index (χ0v) is 13.4. The highest BCUT2D eigenvalue weighted by molar-refractivity contribution is 7.14. The average molecular weight is 316 g/mol. The Labute approximate surface area is 127 Å². The normalized spacial score (nSPS) is 11.1. The molecule has 2 aromatic rings. The van der Waals surface area contributed by atoms with Crippen LogP contribution in [-0.4, -0.2) is 4.98 Å². The number of aryl methyl sites for hydroxylation is 1. The molecule has 0 amide bonds. The molecule has 5 heteroatoms. The molecular formula is C14H15Cl2NOS. The molecule has 2 nitrogen and oxygen atoms in total. The quantitative estimate of drug-likeness (QED) is 0.669. The second kappa shape index (κ2) is 6.12. The van der Waals surface area contributed by atoms with Crippen LogP contribution >= 0.6 is 34.5 Å². The van der Waals surface area contributed by atoms with Gasteiger partial charge in [0, 0.05) is 0 Å². The van der Waals surface area contributed by atoms with Gasteiger partial charge >= 0.3 is 0 Å². The fourth-order valence-corrected chi connectivity index (χ4v) is 3.24. The minimum Gasteiger partial charge on any atom is -0.431 e. The van der Waals surface area contributed by atoms with Crippen LogP contribution in [0.2, 0.25) is 5.15 Å². The van der Waals surface area contributed by atoms with Crippen molar-refractivity contribution in [2.24, 2.45) is 0 Å². The zero-order chi connectivity index (χ0) is 14.0. The van der Waals surface area contributed by atoms with Crippen molar-refractivity contribution >= 4 is 34.5 Å². The third-order valence-electron chi connectivity index (χ3n) is 2.82. The Kier molecular flexibility index (Phi) is 4.71. The van der Waals surface area contributed by atoms with E-state index in [1.165, 1.54) is 22.5 Å². The van der Waals surface area contributed by atoms with Gasteiger partial charge in [-0.1, -0.05) is 42.9 Å². The first-order valence-electron chi connectivity index (χ1n) is 6.00. The lowest BCUT2D eigenvalue weighted by Crippen LogP contribution is -1.92. The molecule has 0 spiro atoms. The summed E-state index contributed by atoms with van der Waals surface area (Å²) in [6.07, 6.45) is 0. The smallest absolute Gasteiger partial charge is 0.280 e. The number of thiazole rings is 1. The highest BCUT2D eigenvalue weighted by Crippen LogP contribution is 2.34. The van der Waals surface area contributed by atoms with Gasteiger partial charge in [0.2, 0.25) is 0 Å². The van der Waals surface area contributed by atoms with E-state index in [2.05, 4.69) is 31.8 Å². The summed E-state index contributed by atoms with van der Waals surface area (Å²) in [7, 11) is 0. The molecule has 0 atom stereocenters. The van der Waals surface area contributed by atoms with Crippen molar-refractivity contribution in [2.75, 3.05) is 0 Å². The molecule has 0 unspecified atom stereocenters. The molecular weight excluding hydrogens is 301 g/mol. The van der Waals surface area contributed by atoms with Crippen LogP contribution in [0.15, 0.2) is 18.2 Å². The van der Waals surface area contributed by atoms with Gasteiger partial charge in [0.1, 0.15) is 10.9 Å². The van der Waals surface area contributed by atoms with Crippen molar-refractivity contribution in [1.29, 1.82) is 0 Å². The van der Waals surface area contributed by atoms with E-state index in [0.29, 0.717) is 22.1 Å². The molecule has 0 aliphatic carbocycles. The Bertz CT molecular complexity index is 581. The first kappa shape index (κ1) is 14.6. The summed E-state index contributed by atoms with van der Waals surface area (Å²) >= 11 is 13.1. The molecule has 102 valence electrons. The summed E-state index contributed by atoms with van der Waals surface area (Å²) in [5, 5.41) is 0.947. The highest BCUT2D eigenvalue weighted by atomic mass is 35.5. The average Bonchev–Trinajstić information content (AvgIpc) is 2.69. The maximum Gasteiger partial charge on any atom is 0.280 e. The summed E-state index contributed by atoms with van der Waals surface area (Å²) in [5.74, 6) is 1.63. The van der Waals surface area contributed by atoms with Crippen molar-refractivity contribution < 1.29 is 4.74 Å². The van der Waals surface area contributed by atoms with Crippen molar-refractivity contribution in [1.82, 2.24) is 4.98 Å². The zero-order valence-electron chi connectivity index (χ0n) is 11.0. The Morgan fingerprint density at radius 3 is 2.63 bits per heavy atom. The van der Waals surface area contributed by atoms with Gasteiger partial charge in [0.05, 0.1) is 10.8 Å². The van der Waals surface area contributed by atoms with Gasteiger partial charge in [-0.2, -0.15) is 4.98 Å². The fraction of sp³-hybridized carbons (Fsp3) is 0.357. The lowest BCUT2D eigenvalue weighted by atomic mass is 9.98. The van der Waals surface area contributed by atoms with E-state index in [1.807, 2.05) is 12.1 Å². The molecule has 1 heterocycles. The number of hydrogen-bond donors (Lipinski definition) is 0. The van der Waals surface area contributed by atoms with E-state index in [1.54, 1.807) is 0 Å². The van der Waals surface area contributed by atoms with Gasteiger partial charge in [0.15, 0.2) is 0 Å². The maximum atomic E-state index is 5.94. The minimum absolute atomic E-state index is 0.352. The Morgan fingerprint density at radius 2 is 2.11 bits per heavy atom. The molecule has 0 saturated carbocycles. The molecule has 0 bridgehead atoms. The largest absolute Gasteiger partial charge is 0.431 e. The van der Waals surface area contributed by atoms with E-state index in [0.717, 1.165) is 10.6 Å². The Morgan fingerprint density at radius 1 is 1.37 bits per heavy atom. The third kappa shape index (κ3) is 3.41. The predicted molar refractivity (Wildman–Crippen MR) is 82.0 cm³/mol. The standard InChI is InChI=1S/C14H15Cl2NOS/c1-8(2)11-5-4-10(6-9(11)3)18-14-17-13(16)12(7-15)19-14/h4-6,8H,7H2,1-3H3. The van der Waals surface area contributed by atoms with Crippen LogP contribution in [0.25, 0.3) is 0 Å². The molecule has 2 rings (SSSR count). The van der Waals surface area contributed by atoms with Crippen molar-refractivity contribution in [2.45, 2.75) is 32.6 Å². The van der Waals surface area contributed by atoms with Gasteiger partial charge in [0.25, 0.3) is 5.19 Å². The lowest BCUT2D eigenvalue weighted by molar-refractivity contribution is 0.478. The molecule has 0 aliphatic heterocycles. The number of alkyl halides is 1. The molecule has 1 aromatic heterocycles. The lowest BCUT2D eigenvalue weighted by Gasteiger charge is -2.11. The van der Waals surface area contributed by atoms with Crippen molar-refractivity contribution in [3.05, 3.63) is 39.4 Å². The first-order chi connectivity index (χ1) is 9.01. The van der Waals surface area contributed by atoms with Gasteiger partial charge < -0.3 is 4.74 Å². The molecule has 0 radical (unpaired) electrons. The van der Waals surface area contributed by atoms with Crippen LogP contribution in [-0.2, 0) is 5.88 Å². The van der Waals surface area contributed by atoms with Crippen LogP contribution in [0.5, 0.6) is 10.9 Å². The third-order valence-corrected chi connectivity index (χ3v) is 4.60. The second-order valence-corrected chi connectivity index (χ2v) is 6.27. The van der Waals surface area contributed by atoms with Gasteiger partial charge in [-0.05, 0) is 36.1 Å². The second-order valence-electron chi connectivity index (χ2n) is 4.60. The van der Waals surface area contributed by atoms with E-state index in [-0.39, 0.29) is 0 Å². The van der Waals surface area contributed by atoms with E-state index in [4.69, 9.17) is 27.9 Å². The van der Waals surface area contributed by atoms with Gasteiger partial charge in [-0.3, -0.25) is 0 Å². The molecule has 0 fully saturated rings. The number of nitrogens with zero attached hydrogens (tertiary/aromatic N) is 1.